The van der Waals surface area contributed by atoms with Gasteiger partial charge in [0.05, 0.1) is 0 Å². The number of hydrogen-bond donors (Lipinski definition) is 0. The van der Waals surface area contributed by atoms with Gasteiger partial charge >= 0.3 is 0 Å². The highest BCUT2D eigenvalue weighted by molar-refractivity contribution is 6.28. The van der Waals surface area contributed by atoms with Crippen molar-refractivity contribution in [2.24, 2.45) is 0 Å². The Balaban J connectivity index is 2.34. The molecule has 0 N–H and O–H groups in total. The standard InChI is InChI=1S/C14H18ClN5/c1-5-10-6-8-11(9-7-10)20(4)14-17-12(15)16-13(18-14)19(2)3/h6-9H,5H2,1-4H3. The molecule has 0 saturated carbocycles. The van der Waals surface area contributed by atoms with Gasteiger partial charge < -0.3 is 9.80 Å². The summed E-state index contributed by atoms with van der Waals surface area (Å²) >= 11 is 5.96. The Morgan fingerprint density at radius 3 is 2.10 bits per heavy atom. The summed E-state index contributed by atoms with van der Waals surface area (Å²) in [6, 6.07) is 8.29. The van der Waals surface area contributed by atoms with E-state index in [9.17, 15) is 0 Å². The molecule has 0 bridgehead atoms. The van der Waals surface area contributed by atoms with Crippen LogP contribution in [0.2, 0.25) is 5.28 Å². The van der Waals surface area contributed by atoms with Crippen molar-refractivity contribution in [1.82, 2.24) is 15.0 Å². The molecule has 2 aromatic rings. The van der Waals surface area contributed by atoms with E-state index in [4.69, 9.17) is 11.6 Å². The van der Waals surface area contributed by atoms with Crippen LogP contribution in [0.4, 0.5) is 17.6 Å². The van der Waals surface area contributed by atoms with Crippen LogP contribution in [-0.2, 0) is 6.42 Å². The van der Waals surface area contributed by atoms with E-state index in [-0.39, 0.29) is 5.28 Å². The summed E-state index contributed by atoms with van der Waals surface area (Å²) in [4.78, 5) is 16.3. The minimum Gasteiger partial charge on any atom is -0.347 e. The monoisotopic (exact) mass is 291 g/mol. The SMILES string of the molecule is CCc1ccc(N(C)c2nc(Cl)nc(N(C)C)n2)cc1. The Kier molecular flexibility index (Phi) is 4.39. The van der Waals surface area contributed by atoms with E-state index >= 15 is 0 Å². The number of aryl methyl sites for hydroxylation is 1. The third kappa shape index (κ3) is 3.17. The van der Waals surface area contributed by atoms with Crippen LogP contribution in [0.15, 0.2) is 24.3 Å². The molecule has 20 heavy (non-hydrogen) atoms. The first-order valence-corrected chi connectivity index (χ1v) is 6.80. The predicted molar refractivity (Wildman–Crippen MR) is 83.0 cm³/mol. The van der Waals surface area contributed by atoms with Crippen molar-refractivity contribution in [2.45, 2.75) is 13.3 Å². The van der Waals surface area contributed by atoms with E-state index in [0.29, 0.717) is 11.9 Å². The Labute approximate surface area is 124 Å². The Bertz CT molecular complexity index is 583. The molecule has 106 valence electrons. The maximum atomic E-state index is 5.96. The Morgan fingerprint density at radius 2 is 1.55 bits per heavy atom. The minimum atomic E-state index is 0.190. The van der Waals surface area contributed by atoms with E-state index in [2.05, 4.69) is 34.0 Å². The predicted octanol–water partition coefficient (Wildman–Crippen LogP) is 2.92. The number of aromatic nitrogens is 3. The zero-order valence-electron chi connectivity index (χ0n) is 12.1. The van der Waals surface area contributed by atoms with Gasteiger partial charge in [0.25, 0.3) is 0 Å². The number of rotatable bonds is 4. The lowest BCUT2D eigenvalue weighted by Gasteiger charge is -2.19. The summed E-state index contributed by atoms with van der Waals surface area (Å²) in [5, 5.41) is 0.190. The molecule has 0 unspecified atom stereocenters. The lowest BCUT2D eigenvalue weighted by molar-refractivity contribution is 0.930. The van der Waals surface area contributed by atoms with E-state index in [0.717, 1.165) is 12.1 Å². The van der Waals surface area contributed by atoms with E-state index in [1.807, 2.05) is 38.2 Å². The number of anilines is 3. The van der Waals surface area contributed by atoms with Crippen molar-refractivity contribution in [3.63, 3.8) is 0 Å². The molecule has 1 aromatic carbocycles. The van der Waals surface area contributed by atoms with Gasteiger partial charge in [-0.05, 0) is 35.7 Å². The van der Waals surface area contributed by atoms with Crippen LogP contribution in [0.3, 0.4) is 0 Å². The second-order valence-corrected chi connectivity index (χ2v) is 5.02. The highest BCUT2D eigenvalue weighted by Crippen LogP contribution is 2.23. The number of benzene rings is 1. The van der Waals surface area contributed by atoms with E-state index < -0.39 is 0 Å². The molecular weight excluding hydrogens is 274 g/mol. The highest BCUT2D eigenvalue weighted by atomic mass is 35.5. The van der Waals surface area contributed by atoms with Gasteiger partial charge in [-0.25, -0.2) is 0 Å². The van der Waals surface area contributed by atoms with Gasteiger partial charge in [-0.15, -0.1) is 0 Å². The smallest absolute Gasteiger partial charge is 0.235 e. The molecule has 0 atom stereocenters. The zero-order valence-corrected chi connectivity index (χ0v) is 12.9. The summed E-state index contributed by atoms with van der Waals surface area (Å²) in [6.45, 7) is 2.13. The third-order valence-corrected chi connectivity index (χ3v) is 3.19. The highest BCUT2D eigenvalue weighted by Gasteiger charge is 2.12. The molecule has 0 amide bonds. The van der Waals surface area contributed by atoms with Gasteiger partial charge in [0, 0.05) is 26.8 Å². The molecule has 0 radical (unpaired) electrons. The molecule has 1 heterocycles. The lowest BCUT2D eigenvalue weighted by atomic mass is 10.1. The maximum Gasteiger partial charge on any atom is 0.235 e. The molecule has 0 spiro atoms. The molecule has 5 nitrogen and oxygen atoms in total. The van der Waals surface area contributed by atoms with Crippen molar-refractivity contribution in [3.05, 3.63) is 35.1 Å². The number of hydrogen-bond acceptors (Lipinski definition) is 5. The normalized spacial score (nSPS) is 10.4. The fourth-order valence-electron chi connectivity index (χ4n) is 1.75. The topological polar surface area (TPSA) is 45.2 Å². The van der Waals surface area contributed by atoms with Crippen LogP contribution in [0.1, 0.15) is 12.5 Å². The molecule has 1 aromatic heterocycles. The largest absolute Gasteiger partial charge is 0.347 e. The van der Waals surface area contributed by atoms with E-state index in [1.54, 1.807) is 4.90 Å². The van der Waals surface area contributed by atoms with Gasteiger partial charge in [-0.2, -0.15) is 15.0 Å². The van der Waals surface area contributed by atoms with Crippen LogP contribution in [0.25, 0.3) is 0 Å². The lowest BCUT2D eigenvalue weighted by Crippen LogP contribution is -2.18. The van der Waals surface area contributed by atoms with Crippen molar-refractivity contribution >= 4 is 29.2 Å². The van der Waals surface area contributed by atoms with Crippen LogP contribution in [-0.4, -0.2) is 36.1 Å². The second-order valence-electron chi connectivity index (χ2n) is 4.68. The van der Waals surface area contributed by atoms with Gasteiger partial charge in [-0.1, -0.05) is 19.1 Å². The molecule has 2 rings (SSSR count). The summed E-state index contributed by atoms with van der Waals surface area (Å²) < 4.78 is 0. The average molecular weight is 292 g/mol. The Morgan fingerprint density at radius 1 is 0.950 bits per heavy atom. The molecule has 0 aliphatic heterocycles. The zero-order chi connectivity index (χ0) is 14.7. The van der Waals surface area contributed by atoms with Crippen molar-refractivity contribution in [1.29, 1.82) is 0 Å². The minimum absolute atomic E-state index is 0.190. The average Bonchev–Trinajstić information content (AvgIpc) is 2.46. The molecule has 0 fully saturated rings. The van der Waals surface area contributed by atoms with Gasteiger partial charge in [0.2, 0.25) is 17.2 Å². The fraction of sp³-hybridized carbons (Fsp3) is 0.357. The molecule has 0 aliphatic carbocycles. The summed E-state index contributed by atoms with van der Waals surface area (Å²) in [5.41, 5.74) is 2.30. The van der Waals surface area contributed by atoms with Crippen LogP contribution in [0, 0.1) is 0 Å². The van der Waals surface area contributed by atoms with Gasteiger partial charge in [0.1, 0.15) is 0 Å². The fourth-order valence-corrected chi connectivity index (χ4v) is 1.90. The summed E-state index contributed by atoms with van der Waals surface area (Å²) in [5.74, 6) is 1.06. The van der Waals surface area contributed by atoms with Crippen LogP contribution >= 0.6 is 11.6 Å². The first kappa shape index (κ1) is 14.5. The number of nitrogens with zero attached hydrogens (tertiary/aromatic N) is 5. The van der Waals surface area contributed by atoms with Crippen molar-refractivity contribution < 1.29 is 0 Å². The molecule has 0 saturated heterocycles. The number of halogens is 1. The quantitative estimate of drug-likeness (QED) is 0.867. The van der Waals surface area contributed by atoms with Crippen molar-refractivity contribution in [3.8, 4) is 0 Å². The molecular formula is C14H18ClN5. The summed E-state index contributed by atoms with van der Waals surface area (Å²) in [7, 11) is 5.64. The Hall–Kier alpha value is -1.88. The molecule has 6 heteroatoms. The summed E-state index contributed by atoms with van der Waals surface area (Å²) in [6.07, 6.45) is 1.02. The van der Waals surface area contributed by atoms with Gasteiger partial charge in [0.15, 0.2) is 0 Å². The first-order valence-electron chi connectivity index (χ1n) is 6.43. The van der Waals surface area contributed by atoms with Crippen molar-refractivity contribution in [2.75, 3.05) is 30.9 Å². The maximum absolute atomic E-state index is 5.96. The first-order chi connectivity index (χ1) is 9.51. The van der Waals surface area contributed by atoms with E-state index in [1.165, 1.54) is 5.56 Å². The van der Waals surface area contributed by atoms with Gasteiger partial charge in [-0.3, -0.25) is 0 Å². The third-order valence-electron chi connectivity index (χ3n) is 3.02. The molecule has 0 aliphatic rings. The van der Waals surface area contributed by atoms with Crippen LogP contribution in [0.5, 0.6) is 0 Å². The van der Waals surface area contributed by atoms with Crippen LogP contribution < -0.4 is 9.80 Å². The second kappa shape index (κ2) is 6.05.